The topological polar surface area (TPSA) is 180 Å². The Bertz CT molecular complexity index is 2040. The van der Waals surface area contributed by atoms with E-state index >= 15 is 0 Å². The molecule has 14 nitrogen and oxygen atoms in total. The van der Waals surface area contributed by atoms with Crippen LogP contribution in [0, 0.1) is 0 Å². The fourth-order valence-electron chi connectivity index (χ4n) is 5.51. The third-order valence-electron chi connectivity index (χ3n) is 8.45. The van der Waals surface area contributed by atoms with Crippen molar-refractivity contribution in [2.45, 2.75) is 25.7 Å². The molecule has 56 heavy (non-hydrogen) atoms. The monoisotopic (exact) mass is 756 g/mol. The van der Waals surface area contributed by atoms with Gasteiger partial charge < -0.3 is 18.9 Å². The number of anilines is 2. The van der Waals surface area contributed by atoms with Crippen LogP contribution in [0.2, 0.25) is 0 Å². The minimum atomic E-state index is -0.660. The predicted octanol–water partition coefficient (Wildman–Crippen LogP) is 5.56. The lowest BCUT2D eigenvalue weighted by atomic mass is 10.2. The van der Waals surface area contributed by atoms with E-state index in [0.29, 0.717) is 24.2 Å². The summed E-state index contributed by atoms with van der Waals surface area (Å²) in [7, 11) is 0. The summed E-state index contributed by atoms with van der Waals surface area (Å²) in [6.45, 7) is 0.382. The Morgan fingerprint density at radius 3 is 0.982 bits per heavy atom. The summed E-state index contributed by atoms with van der Waals surface area (Å²) >= 11 is 0. The Labute approximate surface area is 319 Å². The maximum Gasteiger partial charge on any atom is 0.343 e. The van der Waals surface area contributed by atoms with Gasteiger partial charge in [-0.25, -0.2) is 29.0 Å². The number of ether oxygens (including phenoxy) is 4. The van der Waals surface area contributed by atoms with Crippen molar-refractivity contribution in [2.75, 3.05) is 23.0 Å². The van der Waals surface area contributed by atoms with Crippen molar-refractivity contribution >= 4 is 58.9 Å². The van der Waals surface area contributed by atoms with Gasteiger partial charge in [-0.05, 0) is 123 Å². The molecule has 4 amide bonds. The van der Waals surface area contributed by atoms with E-state index in [1.54, 1.807) is 0 Å². The normalized spacial score (nSPS) is 13.3. The predicted molar refractivity (Wildman–Crippen MR) is 198 cm³/mol. The van der Waals surface area contributed by atoms with Crippen LogP contribution >= 0.6 is 0 Å². The number of benzene rings is 4. The van der Waals surface area contributed by atoms with Gasteiger partial charge in [0.15, 0.2) is 0 Å². The maximum atomic E-state index is 12.6. The molecule has 4 aromatic rings. The lowest BCUT2D eigenvalue weighted by Gasteiger charge is -2.14. The number of hydrogen-bond donors (Lipinski definition) is 0. The average molecular weight is 757 g/mol. The van der Waals surface area contributed by atoms with Crippen molar-refractivity contribution in [1.29, 1.82) is 0 Å². The molecule has 6 rings (SSSR count). The van der Waals surface area contributed by atoms with E-state index in [1.165, 1.54) is 121 Å². The van der Waals surface area contributed by atoms with E-state index in [9.17, 15) is 38.4 Å². The molecule has 0 fully saturated rings. The highest BCUT2D eigenvalue weighted by atomic mass is 16.5. The first kappa shape index (κ1) is 38.3. The molecule has 4 aromatic carbocycles. The molecule has 0 radical (unpaired) electrons. The zero-order valence-electron chi connectivity index (χ0n) is 29.6. The third-order valence-corrected chi connectivity index (χ3v) is 8.45. The number of hydrogen-bond acceptors (Lipinski definition) is 12. The van der Waals surface area contributed by atoms with E-state index in [0.717, 1.165) is 22.6 Å². The summed E-state index contributed by atoms with van der Waals surface area (Å²) < 4.78 is 21.4. The summed E-state index contributed by atoms with van der Waals surface area (Å²) in [6.07, 6.45) is 7.34. The molecule has 0 atom stereocenters. The maximum absolute atomic E-state index is 12.6. The Kier molecular flexibility index (Phi) is 12.0. The van der Waals surface area contributed by atoms with Gasteiger partial charge in [-0.2, -0.15) is 0 Å². The summed E-state index contributed by atoms with van der Waals surface area (Å²) in [4.78, 5) is 99.4. The van der Waals surface area contributed by atoms with Crippen molar-refractivity contribution in [3.63, 3.8) is 0 Å². The summed E-state index contributed by atoms with van der Waals surface area (Å²) in [5.74, 6) is -3.83. The molecule has 0 aliphatic carbocycles. The average Bonchev–Trinajstić information content (AvgIpc) is 3.73. The van der Waals surface area contributed by atoms with Crippen LogP contribution in [0.25, 0.3) is 0 Å². The molecule has 0 saturated carbocycles. The Morgan fingerprint density at radius 1 is 0.375 bits per heavy atom. The van der Waals surface area contributed by atoms with Crippen molar-refractivity contribution in [3.05, 3.63) is 144 Å². The Morgan fingerprint density at radius 2 is 0.661 bits per heavy atom. The number of esters is 4. The van der Waals surface area contributed by atoms with E-state index in [4.69, 9.17) is 18.9 Å². The molecular formula is C42H32N2O12. The lowest BCUT2D eigenvalue weighted by Crippen LogP contribution is -2.29. The van der Waals surface area contributed by atoms with Gasteiger partial charge in [0, 0.05) is 24.3 Å². The second-order valence-corrected chi connectivity index (χ2v) is 12.3. The highest BCUT2D eigenvalue weighted by molar-refractivity contribution is 6.28. The molecule has 0 saturated heterocycles. The van der Waals surface area contributed by atoms with Crippen molar-refractivity contribution in [2.24, 2.45) is 0 Å². The number of carbonyl (C=O) groups excluding carboxylic acids is 8. The molecular weight excluding hydrogens is 724 g/mol. The smallest absolute Gasteiger partial charge is 0.343 e. The molecule has 2 aliphatic rings. The van der Waals surface area contributed by atoms with Crippen LogP contribution in [-0.4, -0.2) is 60.7 Å². The summed E-state index contributed by atoms with van der Waals surface area (Å²) in [5.41, 5.74) is 1.62. The highest BCUT2D eigenvalue weighted by Crippen LogP contribution is 2.23. The van der Waals surface area contributed by atoms with Gasteiger partial charge in [-0.3, -0.25) is 19.2 Å². The van der Waals surface area contributed by atoms with Gasteiger partial charge >= 0.3 is 23.9 Å². The fraction of sp³-hybridized carbons (Fsp3) is 0.143. The number of amides is 4. The first-order chi connectivity index (χ1) is 27.1. The van der Waals surface area contributed by atoms with E-state index in [2.05, 4.69) is 0 Å². The Balaban J connectivity index is 0.831. The summed E-state index contributed by atoms with van der Waals surface area (Å²) in [6, 6.07) is 23.4. The Hall–Kier alpha value is -7.48. The zero-order valence-corrected chi connectivity index (χ0v) is 29.6. The molecule has 0 spiro atoms. The summed E-state index contributed by atoms with van der Waals surface area (Å²) in [5, 5.41) is 0. The molecule has 2 heterocycles. The van der Waals surface area contributed by atoms with Crippen LogP contribution in [0.5, 0.6) is 11.5 Å². The van der Waals surface area contributed by atoms with Crippen LogP contribution < -0.4 is 19.3 Å². The van der Waals surface area contributed by atoms with E-state index in [-0.39, 0.29) is 47.0 Å². The molecule has 0 aromatic heterocycles. The first-order valence-corrected chi connectivity index (χ1v) is 17.4. The highest BCUT2D eigenvalue weighted by Gasteiger charge is 2.26. The second-order valence-electron chi connectivity index (χ2n) is 12.3. The minimum absolute atomic E-state index is 0.191. The number of rotatable bonds is 15. The lowest BCUT2D eigenvalue weighted by molar-refractivity contribution is -0.121. The van der Waals surface area contributed by atoms with Crippen molar-refractivity contribution < 1.29 is 57.3 Å². The number of imide groups is 2. The van der Waals surface area contributed by atoms with Gasteiger partial charge in [-0.1, -0.05) is 0 Å². The van der Waals surface area contributed by atoms with Crippen LogP contribution in [0.1, 0.15) is 67.1 Å². The molecule has 14 heteroatoms. The third kappa shape index (κ3) is 9.35. The first-order valence-electron chi connectivity index (χ1n) is 17.4. The molecule has 0 bridgehead atoms. The van der Waals surface area contributed by atoms with E-state index < -0.39 is 47.5 Å². The fourth-order valence-corrected chi connectivity index (χ4v) is 5.51. The molecule has 2 aliphatic heterocycles. The molecule has 282 valence electrons. The molecule has 0 N–H and O–H groups in total. The van der Waals surface area contributed by atoms with Crippen molar-refractivity contribution in [3.8, 4) is 11.5 Å². The SMILES string of the molecule is O=C(OCCCCCCOC(=O)c1ccc(OC(=O)c2ccc(N3C(=O)C=CC3=O)cc2)cc1)c1ccc(OC(=O)c2ccc(N3C(=O)C=CC3=O)cc2)cc1. The van der Waals surface area contributed by atoms with Crippen LogP contribution in [-0.2, 0) is 28.7 Å². The number of nitrogens with zero attached hydrogens (tertiary/aromatic N) is 2. The largest absolute Gasteiger partial charge is 0.462 e. The van der Waals surface area contributed by atoms with Crippen molar-refractivity contribution in [1.82, 2.24) is 0 Å². The van der Waals surface area contributed by atoms with Crippen LogP contribution in [0.3, 0.4) is 0 Å². The van der Waals surface area contributed by atoms with Gasteiger partial charge in [0.2, 0.25) is 0 Å². The zero-order chi connectivity index (χ0) is 39.6. The van der Waals surface area contributed by atoms with Gasteiger partial charge in [-0.15, -0.1) is 0 Å². The number of carbonyl (C=O) groups is 8. The van der Waals surface area contributed by atoms with Gasteiger partial charge in [0.1, 0.15) is 11.5 Å². The molecule has 0 unspecified atom stereocenters. The van der Waals surface area contributed by atoms with Crippen LogP contribution in [0.4, 0.5) is 11.4 Å². The van der Waals surface area contributed by atoms with Gasteiger partial charge in [0.25, 0.3) is 23.6 Å². The van der Waals surface area contributed by atoms with Gasteiger partial charge in [0.05, 0.1) is 46.8 Å². The quantitative estimate of drug-likeness (QED) is 0.0639. The standard InChI is InChI=1S/C42H32N2O12/c45-35-21-22-36(46)43(35)31-13-5-29(6-14-31)41(51)55-33-17-9-27(10-18-33)39(49)53-25-3-1-2-4-26-54-40(50)28-11-19-34(20-12-28)56-42(52)30-7-15-32(16-8-30)44-37(47)23-24-38(44)48/h5-24H,1-4,25-26H2. The number of unbranched alkanes of at least 4 members (excludes halogenated alkanes) is 3. The van der Waals surface area contributed by atoms with Crippen LogP contribution in [0.15, 0.2) is 121 Å². The minimum Gasteiger partial charge on any atom is -0.462 e. The second kappa shape index (κ2) is 17.6. The van der Waals surface area contributed by atoms with E-state index in [1.807, 2.05) is 0 Å².